The Balaban J connectivity index is 0.00000220. The number of amides is 1. The average Bonchev–Trinajstić information content (AvgIpc) is 2.98. The lowest BCUT2D eigenvalue weighted by atomic mass is 10.0. The van der Waals surface area contributed by atoms with E-state index in [1.807, 2.05) is 42.2 Å². The molecule has 2 N–H and O–H groups in total. The summed E-state index contributed by atoms with van der Waals surface area (Å²) in [4.78, 5) is 14.2. The average molecular weight is 313 g/mol. The molecule has 1 aromatic rings. The van der Waals surface area contributed by atoms with Crippen LogP contribution in [0.2, 0.25) is 0 Å². The van der Waals surface area contributed by atoms with Gasteiger partial charge in [-0.25, -0.2) is 0 Å². The third kappa shape index (κ3) is 5.30. The SMILES string of the molecule is CCN(CC1CCCO1)C(=O)CC(N)c1ccccc1.Cl. The normalized spacial score (nSPS) is 18.9. The third-order valence-corrected chi connectivity index (χ3v) is 3.80. The molecule has 1 aromatic carbocycles. The third-order valence-electron chi connectivity index (χ3n) is 3.80. The number of benzene rings is 1. The number of ether oxygens (including phenoxy) is 1. The van der Waals surface area contributed by atoms with E-state index in [0.29, 0.717) is 19.5 Å². The fraction of sp³-hybridized carbons (Fsp3) is 0.562. The van der Waals surface area contributed by atoms with E-state index >= 15 is 0 Å². The van der Waals surface area contributed by atoms with Gasteiger partial charge in [-0.3, -0.25) is 4.79 Å². The Kier molecular flexibility index (Phi) is 7.72. The number of carbonyl (C=O) groups is 1. The van der Waals surface area contributed by atoms with Crippen molar-refractivity contribution in [2.45, 2.75) is 38.3 Å². The molecule has 1 aliphatic rings. The summed E-state index contributed by atoms with van der Waals surface area (Å²) in [7, 11) is 0. The molecule has 21 heavy (non-hydrogen) atoms. The maximum atomic E-state index is 12.3. The first-order valence-electron chi connectivity index (χ1n) is 7.40. The van der Waals surface area contributed by atoms with Gasteiger partial charge in [0.1, 0.15) is 0 Å². The molecular formula is C16H25ClN2O2. The lowest BCUT2D eigenvalue weighted by Gasteiger charge is -2.25. The summed E-state index contributed by atoms with van der Waals surface area (Å²) in [6.45, 7) is 4.22. The second-order valence-electron chi connectivity index (χ2n) is 5.29. The highest BCUT2D eigenvalue weighted by Gasteiger charge is 2.22. The van der Waals surface area contributed by atoms with Crippen molar-refractivity contribution >= 4 is 18.3 Å². The van der Waals surface area contributed by atoms with Gasteiger partial charge in [0.05, 0.1) is 6.10 Å². The van der Waals surface area contributed by atoms with Crippen molar-refractivity contribution in [3.63, 3.8) is 0 Å². The molecule has 1 heterocycles. The van der Waals surface area contributed by atoms with Crippen LogP contribution in [0.4, 0.5) is 0 Å². The first kappa shape index (κ1) is 18.0. The van der Waals surface area contributed by atoms with Gasteiger partial charge in [-0.1, -0.05) is 30.3 Å². The van der Waals surface area contributed by atoms with Crippen LogP contribution in [0.1, 0.15) is 37.8 Å². The number of likely N-dealkylation sites (N-methyl/N-ethyl adjacent to an activating group) is 1. The second-order valence-corrected chi connectivity index (χ2v) is 5.29. The number of nitrogens with zero attached hydrogens (tertiary/aromatic N) is 1. The molecule has 0 bridgehead atoms. The number of hydrogen-bond donors (Lipinski definition) is 1. The standard InChI is InChI=1S/C16H24N2O2.ClH/c1-2-18(12-14-9-6-10-20-14)16(19)11-15(17)13-7-4-3-5-8-13;/h3-5,7-8,14-15H,2,6,9-12,17H2,1H3;1H. The molecule has 1 aliphatic heterocycles. The number of nitrogens with two attached hydrogens (primary N) is 1. The van der Waals surface area contributed by atoms with Gasteiger partial charge in [0.15, 0.2) is 0 Å². The lowest BCUT2D eigenvalue weighted by molar-refractivity contribution is -0.132. The van der Waals surface area contributed by atoms with Crippen molar-refractivity contribution in [1.29, 1.82) is 0 Å². The fourth-order valence-corrected chi connectivity index (χ4v) is 2.58. The van der Waals surface area contributed by atoms with Crippen LogP contribution in [0, 0.1) is 0 Å². The van der Waals surface area contributed by atoms with Crippen molar-refractivity contribution in [2.24, 2.45) is 5.73 Å². The van der Waals surface area contributed by atoms with Gasteiger partial charge in [-0.15, -0.1) is 12.4 Å². The van der Waals surface area contributed by atoms with Gasteiger partial charge >= 0.3 is 0 Å². The maximum absolute atomic E-state index is 12.3. The number of halogens is 1. The minimum Gasteiger partial charge on any atom is -0.376 e. The van der Waals surface area contributed by atoms with E-state index in [0.717, 1.165) is 25.0 Å². The molecule has 2 atom stereocenters. The van der Waals surface area contributed by atoms with Crippen molar-refractivity contribution < 1.29 is 9.53 Å². The summed E-state index contributed by atoms with van der Waals surface area (Å²) in [5, 5.41) is 0. The van der Waals surface area contributed by atoms with E-state index in [-0.39, 0.29) is 30.5 Å². The van der Waals surface area contributed by atoms with Crippen LogP contribution in [0.3, 0.4) is 0 Å². The Morgan fingerprint density at radius 2 is 2.14 bits per heavy atom. The van der Waals surface area contributed by atoms with Crippen molar-refractivity contribution in [3.8, 4) is 0 Å². The minimum atomic E-state index is -0.234. The minimum absolute atomic E-state index is 0. The van der Waals surface area contributed by atoms with Gasteiger partial charge in [0.25, 0.3) is 0 Å². The number of carbonyl (C=O) groups excluding carboxylic acids is 1. The fourth-order valence-electron chi connectivity index (χ4n) is 2.58. The van der Waals surface area contributed by atoms with Gasteiger partial charge in [0, 0.05) is 32.2 Å². The van der Waals surface area contributed by atoms with Crippen molar-refractivity contribution in [3.05, 3.63) is 35.9 Å². The molecule has 1 fully saturated rings. The molecule has 0 radical (unpaired) electrons. The van der Waals surface area contributed by atoms with E-state index in [1.54, 1.807) is 0 Å². The van der Waals surface area contributed by atoms with Crippen LogP contribution >= 0.6 is 12.4 Å². The zero-order chi connectivity index (χ0) is 14.4. The second kappa shape index (κ2) is 9.03. The zero-order valence-corrected chi connectivity index (χ0v) is 13.3. The number of rotatable bonds is 6. The molecule has 0 aliphatic carbocycles. The number of hydrogen-bond acceptors (Lipinski definition) is 3. The molecule has 0 spiro atoms. The Labute approximate surface area is 133 Å². The summed E-state index contributed by atoms with van der Waals surface area (Å²) in [5.41, 5.74) is 7.13. The first-order chi connectivity index (χ1) is 9.70. The van der Waals surface area contributed by atoms with Gasteiger partial charge in [-0.05, 0) is 25.3 Å². The van der Waals surface area contributed by atoms with Gasteiger partial charge < -0.3 is 15.4 Å². The molecule has 0 saturated carbocycles. The Hall–Kier alpha value is -1.10. The largest absolute Gasteiger partial charge is 0.376 e. The molecule has 4 nitrogen and oxygen atoms in total. The Bertz CT molecular complexity index is 422. The Morgan fingerprint density at radius 3 is 2.71 bits per heavy atom. The quantitative estimate of drug-likeness (QED) is 0.878. The summed E-state index contributed by atoms with van der Waals surface area (Å²) in [6.07, 6.45) is 2.70. The highest BCUT2D eigenvalue weighted by molar-refractivity contribution is 5.85. The van der Waals surface area contributed by atoms with Crippen LogP contribution in [0.5, 0.6) is 0 Å². The first-order valence-corrected chi connectivity index (χ1v) is 7.40. The van der Waals surface area contributed by atoms with E-state index < -0.39 is 0 Å². The maximum Gasteiger partial charge on any atom is 0.224 e. The smallest absolute Gasteiger partial charge is 0.224 e. The highest BCUT2D eigenvalue weighted by atomic mass is 35.5. The summed E-state index contributed by atoms with van der Waals surface area (Å²) in [6, 6.07) is 9.55. The lowest BCUT2D eigenvalue weighted by Crippen LogP contribution is -2.38. The van der Waals surface area contributed by atoms with E-state index in [4.69, 9.17) is 10.5 Å². The molecule has 1 amide bonds. The summed E-state index contributed by atoms with van der Waals surface area (Å²) < 4.78 is 5.60. The predicted molar refractivity (Wildman–Crippen MR) is 86.5 cm³/mol. The molecule has 118 valence electrons. The van der Waals surface area contributed by atoms with Crippen molar-refractivity contribution in [1.82, 2.24) is 4.90 Å². The highest BCUT2D eigenvalue weighted by Crippen LogP contribution is 2.17. The predicted octanol–water partition coefficient (Wildman–Crippen LogP) is 2.53. The molecule has 5 heteroatoms. The van der Waals surface area contributed by atoms with Crippen molar-refractivity contribution in [2.75, 3.05) is 19.7 Å². The molecule has 0 aromatic heterocycles. The van der Waals surface area contributed by atoms with E-state index in [9.17, 15) is 4.79 Å². The topological polar surface area (TPSA) is 55.6 Å². The van der Waals surface area contributed by atoms with Crippen LogP contribution in [0.15, 0.2) is 30.3 Å². The van der Waals surface area contributed by atoms with Crippen LogP contribution < -0.4 is 5.73 Å². The van der Waals surface area contributed by atoms with E-state index in [2.05, 4.69) is 0 Å². The molecule has 2 rings (SSSR count). The molecular weight excluding hydrogens is 288 g/mol. The molecule has 1 saturated heterocycles. The van der Waals surface area contributed by atoms with Gasteiger partial charge in [0.2, 0.25) is 5.91 Å². The Morgan fingerprint density at radius 1 is 1.43 bits per heavy atom. The monoisotopic (exact) mass is 312 g/mol. The molecule has 2 unspecified atom stereocenters. The van der Waals surface area contributed by atoms with Crippen LogP contribution in [0.25, 0.3) is 0 Å². The van der Waals surface area contributed by atoms with Gasteiger partial charge in [-0.2, -0.15) is 0 Å². The van der Waals surface area contributed by atoms with Crippen LogP contribution in [-0.4, -0.2) is 36.6 Å². The van der Waals surface area contributed by atoms with E-state index in [1.165, 1.54) is 0 Å². The van der Waals surface area contributed by atoms with Crippen LogP contribution in [-0.2, 0) is 9.53 Å². The zero-order valence-electron chi connectivity index (χ0n) is 12.5. The summed E-state index contributed by atoms with van der Waals surface area (Å²) in [5.74, 6) is 0.111. The summed E-state index contributed by atoms with van der Waals surface area (Å²) >= 11 is 0.